The molecule has 98 valence electrons. The molecule has 0 spiro atoms. The fraction of sp³-hybridized carbons (Fsp3) is 0.462. The third kappa shape index (κ3) is 4.95. The highest BCUT2D eigenvalue weighted by molar-refractivity contribution is 5.94. The second-order valence-electron chi connectivity index (χ2n) is 5.31. The zero-order chi connectivity index (χ0) is 13.8. The number of hydrogen-bond donors (Lipinski definition) is 2. The van der Waals surface area contributed by atoms with Gasteiger partial charge in [-0.15, -0.1) is 0 Å². The maximum absolute atomic E-state index is 11.8. The van der Waals surface area contributed by atoms with Crippen LogP contribution < -0.4 is 10.7 Å². The Morgan fingerprint density at radius 1 is 1.28 bits per heavy atom. The lowest BCUT2D eigenvalue weighted by Crippen LogP contribution is -2.40. The minimum absolute atomic E-state index is 0.128. The molecule has 1 heterocycles. The smallest absolute Gasteiger partial charge is 0.253 e. The third-order valence-corrected chi connectivity index (χ3v) is 1.91. The van der Waals surface area contributed by atoms with Gasteiger partial charge in [0.25, 0.3) is 5.91 Å². The largest absolute Gasteiger partial charge is 0.347 e. The Labute approximate surface area is 108 Å². The molecule has 0 saturated heterocycles. The van der Waals surface area contributed by atoms with Crippen molar-refractivity contribution in [1.82, 2.24) is 10.3 Å². The molecule has 2 N–H and O–H groups in total. The van der Waals surface area contributed by atoms with Crippen molar-refractivity contribution in [3.63, 3.8) is 0 Å². The second kappa shape index (κ2) is 5.62. The molecule has 0 aliphatic carbocycles. The first-order valence-corrected chi connectivity index (χ1v) is 5.83. The van der Waals surface area contributed by atoms with Crippen molar-refractivity contribution < 1.29 is 4.79 Å². The quantitative estimate of drug-likeness (QED) is 0.637. The normalized spacial score (nSPS) is 10.7. The van der Waals surface area contributed by atoms with Gasteiger partial charge in [-0.3, -0.25) is 10.2 Å². The van der Waals surface area contributed by atoms with Crippen LogP contribution in [-0.2, 0) is 0 Å². The van der Waals surface area contributed by atoms with Crippen molar-refractivity contribution in [2.24, 2.45) is 5.10 Å². The first-order valence-electron chi connectivity index (χ1n) is 5.83. The molecule has 0 atom stereocenters. The van der Waals surface area contributed by atoms with E-state index in [1.54, 1.807) is 12.1 Å². The van der Waals surface area contributed by atoms with Gasteiger partial charge in [0.1, 0.15) is 5.82 Å². The topological polar surface area (TPSA) is 66.4 Å². The molecule has 1 rings (SSSR count). The van der Waals surface area contributed by atoms with E-state index < -0.39 is 0 Å². The van der Waals surface area contributed by atoms with E-state index in [-0.39, 0.29) is 11.4 Å². The Morgan fingerprint density at radius 2 is 1.94 bits per heavy atom. The summed E-state index contributed by atoms with van der Waals surface area (Å²) < 4.78 is 0. The van der Waals surface area contributed by atoms with Gasteiger partial charge in [-0.05, 0) is 46.8 Å². The van der Waals surface area contributed by atoms with Gasteiger partial charge in [-0.25, -0.2) is 4.98 Å². The molecule has 0 radical (unpaired) electrons. The highest BCUT2D eigenvalue weighted by atomic mass is 16.1. The molecular weight excluding hydrogens is 228 g/mol. The van der Waals surface area contributed by atoms with Crippen LogP contribution in [0.3, 0.4) is 0 Å². The van der Waals surface area contributed by atoms with Gasteiger partial charge in [0.05, 0.1) is 5.56 Å². The minimum atomic E-state index is -0.252. The maximum Gasteiger partial charge on any atom is 0.253 e. The number of nitrogens with zero attached hydrogens (tertiary/aromatic N) is 2. The number of hydrazone groups is 1. The van der Waals surface area contributed by atoms with E-state index in [9.17, 15) is 4.79 Å². The highest BCUT2D eigenvalue weighted by Gasteiger charge is 2.15. The van der Waals surface area contributed by atoms with E-state index >= 15 is 0 Å². The van der Waals surface area contributed by atoms with E-state index in [2.05, 4.69) is 20.8 Å². The molecule has 0 bridgehead atoms. The van der Waals surface area contributed by atoms with Gasteiger partial charge in [0.15, 0.2) is 0 Å². The number of carbonyl (C=O) groups excluding carboxylic acids is 1. The number of hydrogen-bond acceptors (Lipinski definition) is 4. The van der Waals surface area contributed by atoms with Crippen molar-refractivity contribution in [2.45, 2.75) is 40.2 Å². The number of anilines is 1. The summed E-state index contributed by atoms with van der Waals surface area (Å²) in [6, 6.07) is 3.45. The van der Waals surface area contributed by atoms with Crippen LogP contribution in [0, 0.1) is 0 Å². The zero-order valence-electron chi connectivity index (χ0n) is 11.5. The van der Waals surface area contributed by atoms with Crippen LogP contribution >= 0.6 is 0 Å². The average Bonchev–Trinajstić information content (AvgIpc) is 2.24. The molecule has 5 heteroatoms. The van der Waals surface area contributed by atoms with E-state index in [0.717, 1.165) is 5.71 Å². The van der Waals surface area contributed by atoms with E-state index in [1.165, 1.54) is 6.20 Å². The number of nitrogens with one attached hydrogen (secondary N) is 2. The third-order valence-electron chi connectivity index (χ3n) is 1.91. The number of aromatic nitrogens is 1. The van der Waals surface area contributed by atoms with Gasteiger partial charge >= 0.3 is 0 Å². The fourth-order valence-corrected chi connectivity index (χ4v) is 1.18. The molecule has 0 unspecified atom stereocenters. The lowest BCUT2D eigenvalue weighted by Gasteiger charge is -2.20. The standard InChI is InChI=1S/C13H20N4O/c1-9(2)16-17-11-7-6-10(8-14-11)12(18)15-13(3,4)5/h6-8H,1-5H3,(H,14,17)(H,15,18). The molecule has 5 nitrogen and oxygen atoms in total. The van der Waals surface area contributed by atoms with Crippen molar-refractivity contribution in [3.05, 3.63) is 23.9 Å². The summed E-state index contributed by atoms with van der Waals surface area (Å²) in [6.45, 7) is 9.59. The Hall–Kier alpha value is -1.91. The predicted octanol–water partition coefficient (Wildman–Crippen LogP) is 2.42. The van der Waals surface area contributed by atoms with Crippen molar-refractivity contribution in [1.29, 1.82) is 0 Å². The molecule has 1 aromatic rings. The molecule has 0 fully saturated rings. The molecule has 0 aromatic carbocycles. The number of pyridine rings is 1. The zero-order valence-corrected chi connectivity index (χ0v) is 11.5. The summed E-state index contributed by atoms with van der Waals surface area (Å²) in [4.78, 5) is 16.0. The average molecular weight is 248 g/mol. The summed E-state index contributed by atoms with van der Waals surface area (Å²) in [7, 11) is 0. The molecular formula is C13H20N4O. The lowest BCUT2D eigenvalue weighted by atomic mass is 10.1. The fourth-order valence-electron chi connectivity index (χ4n) is 1.18. The van der Waals surface area contributed by atoms with E-state index in [4.69, 9.17) is 0 Å². The van der Waals surface area contributed by atoms with Crippen molar-refractivity contribution in [3.8, 4) is 0 Å². The van der Waals surface area contributed by atoms with Crippen LogP contribution in [0.5, 0.6) is 0 Å². The highest BCUT2D eigenvalue weighted by Crippen LogP contribution is 2.07. The molecule has 1 aromatic heterocycles. The van der Waals surface area contributed by atoms with Gasteiger partial charge in [-0.1, -0.05) is 0 Å². The number of amides is 1. The van der Waals surface area contributed by atoms with Crippen molar-refractivity contribution in [2.75, 3.05) is 5.43 Å². The summed E-state index contributed by atoms with van der Waals surface area (Å²) in [5, 5.41) is 6.91. The number of rotatable bonds is 3. The first-order chi connectivity index (χ1) is 8.28. The summed E-state index contributed by atoms with van der Waals surface area (Å²) in [5.41, 5.74) is 3.99. The monoisotopic (exact) mass is 248 g/mol. The summed E-state index contributed by atoms with van der Waals surface area (Å²) in [5.74, 6) is 0.486. The van der Waals surface area contributed by atoms with Crippen LogP contribution in [0.25, 0.3) is 0 Å². The van der Waals surface area contributed by atoms with Crippen molar-refractivity contribution >= 4 is 17.4 Å². The van der Waals surface area contributed by atoms with Gasteiger partial charge in [0.2, 0.25) is 0 Å². The first kappa shape index (κ1) is 14.2. The molecule has 0 saturated carbocycles. The second-order valence-corrected chi connectivity index (χ2v) is 5.31. The van der Waals surface area contributed by atoms with Gasteiger partial charge in [0, 0.05) is 17.4 Å². The Morgan fingerprint density at radius 3 is 2.39 bits per heavy atom. The van der Waals surface area contributed by atoms with E-state index in [0.29, 0.717) is 11.4 Å². The van der Waals surface area contributed by atoms with E-state index in [1.807, 2.05) is 34.6 Å². The van der Waals surface area contributed by atoms with Crippen LogP contribution in [0.1, 0.15) is 45.0 Å². The Kier molecular flexibility index (Phi) is 4.42. The van der Waals surface area contributed by atoms with Crippen LogP contribution in [0.2, 0.25) is 0 Å². The van der Waals surface area contributed by atoms with Crippen LogP contribution in [0.15, 0.2) is 23.4 Å². The summed E-state index contributed by atoms with van der Waals surface area (Å²) >= 11 is 0. The maximum atomic E-state index is 11.8. The number of carbonyl (C=O) groups is 1. The lowest BCUT2D eigenvalue weighted by molar-refractivity contribution is 0.0919. The van der Waals surface area contributed by atoms with Crippen LogP contribution in [-0.4, -0.2) is 22.1 Å². The molecule has 0 aliphatic heterocycles. The molecule has 0 aliphatic rings. The van der Waals surface area contributed by atoms with Crippen LogP contribution in [0.4, 0.5) is 5.82 Å². The minimum Gasteiger partial charge on any atom is -0.347 e. The molecule has 18 heavy (non-hydrogen) atoms. The van der Waals surface area contributed by atoms with Gasteiger partial charge in [-0.2, -0.15) is 5.10 Å². The van der Waals surface area contributed by atoms with Gasteiger partial charge < -0.3 is 5.32 Å². The molecule has 1 amide bonds. The predicted molar refractivity (Wildman–Crippen MR) is 73.9 cm³/mol. The summed E-state index contributed by atoms with van der Waals surface area (Å²) in [6.07, 6.45) is 1.53. The SMILES string of the molecule is CC(C)=NNc1ccc(C(=O)NC(C)(C)C)cn1. The Balaban J connectivity index is 2.71. The Bertz CT molecular complexity index is 439.